The zero-order valence-electron chi connectivity index (χ0n) is 10.3. The fraction of sp³-hybridized carbons (Fsp3) is 0.417. The van der Waals surface area contributed by atoms with Crippen molar-refractivity contribution in [2.75, 3.05) is 24.7 Å². The van der Waals surface area contributed by atoms with Gasteiger partial charge in [0.05, 0.1) is 25.7 Å². The van der Waals surface area contributed by atoms with E-state index in [0.29, 0.717) is 25.6 Å². The van der Waals surface area contributed by atoms with Crippen LogP contribution in [0.5, 0.6) is 0 Å². The molecule has 2 heterocycles. The van der Waals surface area contributed by atoms with Crippen molar-refractivity contribution < 1.29 is 19.4 Å². The van der Waals surface area contributed by atoms with Crippen LogP contribution in [0, 0.1) is 0 Å². The van der Waals surface area contributed by atoms with Gasteiger partial charge in [-0.3, -0.25) is 9.59 Å². The first-order chi connectivity index (χ1) is 9.08. The van der Waals surface area contributed by atoms with E-state index >= 15 is 0 Å². The van der Waals surface area contributed by atoms with E-state index in [0.717, 1.165) is 0 Å². The van der Waals surface area contributed by atoms with Gasteiger partial charge in [-0.15, -0.1) is 0 Å². The van der Waals surface area contributed by atoms with Gasteiger partial charge in [-0.25, -0.2) is 4.98 Å². The Kier molecular flexibility index (Phi) is 3.96. The number of hydrogen-bond acceptors (Lipinski definition) is 5. The van der Waals surface area contributed by atoms with Crippen LogP contribution in [-0.2, 0) is 9.53 Å². The van der Waals surface area contributed by atoms with Crippen molar-refractivity contribution in [3.63, 3.8) is 0 Å². The number of primary amides is 1. The fourth-order valence-electron chi connectivity index (χ4n) is 2.05. The normalized spacial score (nSPS) is 19.2. The highest BCUT2D eigenvalue weighted by Gasteiger charge is 2.26. The Labute approximate surface area is 110 Å². The van der Waals surface area contributed by atoms with Crippen molar-refractivity contribution in [1.82, 2.24) is 4.98 Å². The molecule has 7 nitrogen and oxygen atoms in total. The van der Waals surface area contributed by atoms with Crippen LogP contribution < -0.4 is 10.6 Å². The van der Waals surface area contributed by atoms with Crippen molar-refractivity contribution in [2.24, 2.45) is 5.73 Å². The van der Waals surface area contributed by atoms with E-state index in [1.54, 1.807) is 12.1 Å². The molecule has 0 radical (unpaired) electrons. The first-order valence-corrected chi connectivity index (χ1v) is 5.91. The molecule has 1 fully saturated rings. The van der Waals surface area contributed by atoms with Crippen LogP contribution in [0.25, 0.3) is 0 Å². The molecule has 0 bridgehead atoms. The predicted octanol–water partition coefficient (Wildman–Crippen LogP) is -0.140. The zero-order chi connectivity index (χ0) is 13.8. The van der Waals surface area contributed by atoms with Gasteiger partial charge in [0.25, 0.3) is 5.91 Å². The highest BCUT2D eigenvalue weighted by atomic mass is 16.5. The van der Waals surface area contributed by atoms with Crippen LogP contribution in [0.1, 0.15) is 16.9 Å². The molecular weight excluding hydrogens is 250 g/mol. The number of aromatic nitrogens is 1. The third kappa shape index (κ3) is 3.19. The van der Waals surface area contributed by atoms with Crippen molar-refractivity contribution in [1.29, 1.82) is 0 Å². The van der Waals surface area contributed by atoms with Crippen LogP contribution in [0.2, 0.25) is 0 Å². The Hall–Kier alpha value is -2.15. The fourth-order valence-corrected chi connectivity index (χ4v) is 2.05. The lowest BCUT2D eigenvalue weighted by Crippen LogP contribution is -2.47. The summed E-state index contributed by atoms with van der Waals surface area (Å²) in [7, 11) is 0. The largest absolute Gasteiger partial charge is 0.481 e. The number of rotatable bonds is 4. The Morgan fingerprint density at radius 2 is 2.32 bits per heavy atom. The van der Waals surface area contributed by atoms with E-state index < -0.39 is 11.9 Å². The smallest absolute Gasteiger partial charge is 0.305 e. The van der Waals surface area contributed by atoms with E-state index in [1.165, 1.54) is 6.07 Å². The minimum absolute atomic E-state index is 0.0392. The monoisotopic (exact) mass is 265 g/mol. The molecule has 19 heavy (non-hydrogen) atoms. The molecule has 0 aromatic carbocycles. The van der Waals surface area contributed by atoms with Crippen LogP contribution in [0.3, 0.4) is 0 Å². The summed E-state index contributed by atoms with van der Waals surface area (Å²) in [4.78, 5) is 28.0. The third-order valence-corrected chi connectivity index (χ3v) is 2.92. The second-order valence-corrected chi connectivity index (χ2v) is 4.27. The maximum absolute atomic E-state index is 11.1. The number of nitrogens with zero attached hydrogens (tertiary/aromatic N) is 2. The van der Waals surface area contributed by atoms with Crippen LogP contribution in [0.4, 0.5) is 5.82 Å². The number of morpholine rings is 1. The van der Waals surface area contributed by atoms with Gasteiger partial charge in [-0.05, 0) is 12.1 Å². The summed E-state index contributed by atoms with van der Waals surface area (Å²) >= 11 is 0. The molecule has 1 aliphatic heterocycles. The van der Waals surface area contributed by atoms with E-state index in [1.807, 2.05) is 4.90 Å². The van der Waals surface area contributed by atoms with E-state index in [2.05, 4.69) is 4.98 Å². The zero-order valence-corrected chi connectivity index (χ0v) is 10.3. The van der Waals surface area contributed by atoms with Crippen LogP contribution in [0.15, 0.2) is 18.2 Å². The van der Waals surface area contributed by atoms with Crippen molar-refractivity contribution in [2.45, 2.75) is 12.5 Å². The number of ether oxygens (including phenoxy) is 1. The Balaban J connectivity index is 2.24. The Morgan fingerprint density at radius 1 is 1.53 bits per heavy atom. The number of carboxylic acid groups (broad SMARTS) is 1. The van der Waals surface area contributed by atoms with E-state index in [-0.39, 0.29) is 18.2 Å². The first kappa shape index (κ1) is 13.3. The van der Waals surface area contributed by atoms with Gasteiger partial charge in [-0.2, -0.15) is 0 Å². The van der Waals surface area contributed by atoms with Crippen molar-refractivity contribution >= 4 is 17.7 Å². The second kappa shape index (κ2) is 5.66. The number of nitrogens with two attached hydrogens (primary N) is 1. The van der Waals surface area contributed by atoms with Gasteiger partial charge in [0.2, 0.25) is 0 Å². The molecule has 1 saturated heterocycles. The molecule has 0 spiro atoms. The third-order valence-electron chi connectivity index (χ3n) is 2.92. The molecule has 0 aliphatic carbocycles. The molecule has 1 aliphatic rings. The highest BCUT2D eigenvalue weighted by Crippen LogP contribution is 2.19. The molecular formula is C12H15N3O4. The quantitative estimate of drug-likeness (QED) is 0.785. The molecule has 0 saturated carbocycles. The van der Waals surface area contributed by atoms with Gasteiger partial charge in [0.15, 0.2) is 0 Å². The summed E-state index contributed by atoms with van der Waals surface area (Å²) in [6, 6.07) is 4.64. The summed E-state index contributed by atoms with van der Waals surface area (Å²) in [5, 5.41) is 8.90. The highest BCUT2D eigenvalue weighted by molar-refractivity contribution is 5.91. The van der Waals surface area contributed by atoms with E-state index in [9.17, 15) is 9.59 Å². The Bertz CT molecular complexity index is 492. The number of pyridine rings is 1. The summed E-state index contributed by atoms with van der Waals surface area (Å²) < 4.78 is 5.29. The van der Waals surface area contributed by atoms with E-state index in [4.69, 9.17) is 15.6 Å². The van der Waals surface area contributed by atoms with Gasteiger partial charge in [0, 0.05) is 6.54 Å². The summed E-state index contributed by atoms with van der Waals surface area (Å²) in [5.74, 6) is -0.956. The number of anilines is 1. The minimum atomic E-state index is -0.897. The van der Waals surface area contributed by atoms with Crippen LogP contribution in [-0.4, -0.2) is 47.8 Å². The summed E-state index contributed by atoms with van der Waals surface area (Å²) in [6.45, 7) is 1.36. The predicted molar refractivity (Wildman–Crippen MR) is 67.0 cm³/mol. The standard InChI is InChI=1S/C12H15N3O4/c13-12(18)9-2-1-3-10(14-9)15-4-5-19-7-8(15)6-11(16)17/h1-3,8H,4-7H2,(H2,13,18)(H,16,17). The minimum Gasteiger partial charge on any atom is -0.481 e. The molecule has 1 amide bonds. The maximum Gasteiger partial charge on any atom is 0.305 e. The molecule has 7 heteroatoms. The lowest BCUT2D eigenvalue weighted by molar-refractivity contribution is -0.138. The first-order valence-electron chi connectivity index (χ1n) is 5.91. The summed E-state index contributed by atoms with van der Waals surface area (Å²) in [5.41, 5.74) is 5.35. The lowest BCUT2D eigenvalue weighted by Gasteiger charge is -2.35. The average Bonchev–Trinajstić information content (AvgIpc) is 2.39. The molecule has 2 rings (SSSR count). The second-order valence-electron chi connectivity index (χ2n) is 4.27. The topological polar surface area (TPSA) is 106 Å². The SMILES string of the molecule is NC(=O)c1cccc(N2CCOCC2CC(=O)O)n1. The van der Waals surface area contributed by atoms with Crippen molar-refractivity contribution in [3.05, 3.63) is 23.9 Å². The van der Waals surface area contributed by atoms with Crippen molar-refractivity contribution in [3.8, 4) is 0 Å². The summed E-state index contributed by atoms with van der Waals surface area (Å²) in [6.07, 6.45) is -0.0392. The number of carbonyl (C=O) groups is 2. The number of aliphatic carboxylic acids is 1. The van der Waals surface area contributed by atoms with Gasteiger partial charge in [-0.1, -0.05) is 6.07 Å². The average molecular weight is 265 g/mol. The molecule has 102 valence electrons. The number of carboxylic acids is 1. The Morgan fingerprint density at radius 3 is 3.00 bits per heavy atom. The number of hydrogen-bond donors (Lipinski definition) is 2. The van der Waals surface area contributed by atoms with Gasteiger partial charge < -0.3 is 20.5 Å². The lowest BCUT2D eigenvalue weighted by atomic mass is 10.1. The van der Waals surface area contributed by atoms with Gasteiger partial charge >= 0.3 is 5.97 Å². The van der Waals surface area contributed by atoms with Gasteiger partial charge in [0.1, 0.15) is 11.5 Å². The molecule has 1 unspecified atom stereocenters. The number of carbonyl (C=O) groups excluding carboxylic acids is 1. The molecule has 1 aromatic heterocycles. The van der Waals surface area contributed by atoms with Crippen LogP contribution >= 0.6 is 0 Å². The molecule has 1 atom stereocenters. The molecule has 3 N–H and O–H groups in total. The maximum atomic E-state index is 11.1. The number of amides is 1. The molecule has 1 aromatic rings.